The van der Waals surface area contributed by atoms with E-state index in [0.29, 0.717) is 17.9 Å². The van der Waals surface area contributed by atoms with Crippen molar-refractivity contribution in [2.75, 3.05) is 10.6 Å². The van der Waals surface area contributed by atoms with Crippen molar-refractivity contribution in [1.29, 1.82) is 0 Å². The maximum atomic E-state index is 12.5. The van der Waals surface area contributed by atoms with Gasteiger partial charge in [-0.15, -0.1) is 11.3 Å². The molecule has 0 fully saturated rings. The van der Waals surface area contributed by atoms with E-state index in [1.165, 1.54) is 17.7 Å². The summed E-state index contributed by atoms with van der Waals surface area (Å²) in [6, 6.07) is 9.06. The first-order valence-electron chi connectivity index (χ1n) is 7.77. The minimum absolute atomic E-state index is 0.0527. The highest BCUT2D eigenvalue weighted by molar-refractivity contribution is 7.13. The number of thiophene rings is 1. The first kappa shape index (κ1) is 16.9. The lowest BCUT2D eigenvalue weighted by molar-refractivity contribution is -0.115. The largest absolute Gasteiger partial charge is 0.442 e. The highest BCUT2D eigenvalue weighted by Gasteiger charge is 2.19. The molecular formula is C18H17N3O3S. The molecule has 6 nitrogen and oxygen atoms in total. The zero-order chi connectivity index (χ0) is 17.8. The number of benzene rings is 1. The summed E-state index contributed by atoms with van der Waals surface area (Å²) < 4.78 is 5.36. The average Bonchev–Trinajstić information content (AvgIpc) is 3.27. The van der Waals surface area contributed by atoms with Crippen molar-refractivity contribution < 1.29 is 14.0 Å². The summed E-state index contributed by atoms with van der Waals surface area (Å²) in [5.41, 5.74) is 2.45. The van der Waals surface area contributed by atoms with E-state index in [-0.39, 0.29) is 17.5 Å². The molecule has 0 unspecified atom stereocenters. The summed E-state index contributed by atoms with van der Waals surface area (Å²) in [6.45, 7) is 3.66. The number of carbonyl (C=O) groups is 2. The Kier molecular flexibility index (Phi) is 4.95. The number of rotatable bonds is 5. The molecule has 0 aliphatic rings. The average molecular weight is 355 g/mol. The molecule has 0 bridgehead atoms. The third-order valence-corrected chi connectivity index (χ3v) is 4.48. The van der Waals surface area contributed by atoms with Gasteiger partial charge in [0, 0.05) is 17.8 Å². The summed E-state index contributed by atoms with van der Waals surface area (Å²) in [7, 11) is 0. The van der Waals surface area contributed by atoms with E-state index < -0.39 is 0 Å². The Morgan fingerprint density at radius 3 is 2.76 bits per heavy atom. The van der Waals surface area contributed by atoms with Crippen LogP contribution in [-0.2, 0) is 4.79 Å². The van der Waals surface area contributed by atoms with Gasteiger partial charge in [-0.05, 0) is 42.1 Å². The number of oxazole rings is 1. The fourth-order valence-corrected chi connectivity index (χ4v) is 3.01. The lowest BCUT2D eigenvalue weighted by Gasteiger charge is -2.10. The first-order chi connectivity index (χ1) is 12.1. The first-order valence-corrected chi connectivity index (χ1v) is 8.65. The van der Waals surface area contributed by atoms with Gasteiger partial charge in [0.05, 0.1) is 4.88 Å². The Bertz CT molecular complexity index is 900. The third kappa shape index (κ3) is 3.77. The second kappa shape index (κ2) is 7.31. The molecule has 128 valence electrons. The van der Waals surface area contributed by atoms with Gasteiger partial charge in [0.1, 0.15) is 0 Å². The molecule has 2 N–H and O–H groups in total. The van der Waals surface area contributed by atoms with E-state index in [1.807, 2.05) is 24.4 Å². The molecule has 25 heavy (non-hydrogen) atoms. The Balaban J connectivity index is 1.77. The topological polar surface area (TPSA) is 84.2 Å². The molecule has 3 aromatic rings. The number of nitrogens with zero attached hydrogens (tertiary/aromatic N) is 1. The van der Waals surface area contributed by atoms with Gasteiger partial charge in [-0.1, -0.05) is 13.0 Å². The van der Waals surface area contributed by atoms with Crippen molar-refractivity contribution in [2.45, 2.75) is 20.3 Å². The summed E-state index contributed by atoms with van der Waals surface area (Å²) >= 11 is 1.48. The SMILES string of the molecule is CCC(=O)Nc1ccc(NC(=O)c2ncoc2-c2cccs2)cc1C. The smallest absolute Gasteiger partial charge is 0.278 e. The van der Waals surface area contributed by atoms with Crippen LogP contribution < -0.4 is 10.6 Å². The van der Waals surface area contributed by atoms with Gasteiger partial charge in [-0.25, -0.2) is 4.98 Å². The monoisotopic (exact) mass is 355 g/mol. The number of aryl methyl sites for hydroxylation is 1. The zero-order valence-electron chi connectivity index (χ0n) is 13.8. The number of hydrogen-bond donors (Lipinski definition) is 2. The number of hydrogen-bond acceptors (Lipinski definition) is 5. The van der Waals surface area contributed by atoms with E-state index in [9.17, 15) is 9.59 Å². The summed E-state index contributed by atoms with van der Waals surface area (Å²) in [6.07, 6.45) is 1.67. The Labute approximate surface area is 148 Å². The van der Waals surface area contributed by atoms with Crippen LogP contribution in [0.25, 0.3) is 10.6 Å². The van der Waals surface area contributed by atoms with E-state index in [2.05, 4.69) is 15.6 Å². The number of nitrogens with one attached hydrogen (secondary N) is 2. The molecule has 0 saturated carbocycles. The summed E-state index contributed by atoms with van der Waals surface area (Å²) in [5, 5.41) is 7.54. The van der Waals surface area contributed by atoms with Crippen molar-refractivity contribution in [3.63, 3.8) is 0 Å². The van der Waals surface area contributed by atoms with Crippen molar-refractivity contribution in [3.8, 4) is 10.6 Å². The second-order valence-electron chi connectivity index (χ2n) is 5.39. The quantitative estimate of drug-likeness (QED) is 0.714. The van der Waals surface area contributed by atoms with Crippen LogP contribution >= 0.6 is 11.3 Å². The molecule has 0 radical (unpaired) electrons. The molecule has 0 atom stereocenters. The fourth-order valence-electron chi connectivity index (χ4n) is 2.30. The standard InChI is InChI=1S/C18H17N3O3S/c1-3-15(22)21-13-7-6-12(9-11(13)2)20-18(23)16-17(24-10-19-16)14-5-4-8-25-14/h4-10H,3H2,1-2H3,(H,20,23)(H,21,22). The van der Waals surface area contributed by atoms with Crippen molar-refractivity contribution in [1.82, 2.24) is 4.98 Å². The highest BCUT2D eigenvalue weighted by Crippen LogP contribution is 2.28. The molecule has 3 rings (SSSR count). The predicted molar refractivity (Wildman–Crippen MR) is 97.9 cm³/mol. The molecule has 0 aliphatic carbocycles. The Morgan fingerprint density at radius 1 is 1.24 bits per heavy atom. The number of aromatic nitrogens is 1. The van der Waals surface area contributed by atoms with Gasteiger partial charge in [0.15, 0.2) is 17.8 Å². The minimum atomic E-state index is -0.345. The zero-order valence-corrected chi connectivity index (χ0v) is 14.6. The molecular weight excluding hydrogens is 338 g/mol. The van der Waals surface area contributed by atoms with Gasteiger partial charge < -0.3 is 15.1 Å². The maximum Gasteiger partial charge on any atom is 0.278 e. The van der Waals surface area contributed by atoms with E-state index >= 15 is 0 Å². The molecule has 2 aromatic heterocycles. The molecule has 2 heterocycles. The Hall–Kier alpha value is -2.93. The summed E-state index contributed by atoms with van der Waals surface area (Å²) in [4.78, 5) is 28.9. The van der Waals surface area contributed by atoms with E-state index in [0.717, 1.165) is 16.1 Å². The van der Waals surface area contributed by atoms with Crippen molar-refractivity contribution in [3.05, 3.63) is 53.4 Å². The maximum absolute atomic E-state index is 12.5. The highest BCUT2D eigenvalue weighted by atomic mass is 32.1. The van der Waals surface area contributed by atoms with Crippen LogP contribution in [0, 0.1) is 6.92 Å². The number of anilines is 2. The van der Waals surface area contributed by atoms with Crippen LogP contribution in [0.1, 0.15) is 29.4 Å². The van der Waals surface area contributed by atoms with Crippen LogP contribution in [0.5, 0.6) is 0 Å². The Morgan fingerprint density at radius 2 is 2.08 bits per heavy atom. The van der Waals surface area contributed by atoms with E-state index in [4.69, 9.17) is 4.42 Å². The molecule has 7 heteroatoms. The van der Waals surface area contributed by atoms with Crippen molar-refractivity contribution in [2.24, 2.45) is 0 Å². The van der Waals surface area contributed by atoms with Gasteiger partial charge in [0.25, 0.3) is 5.91 Å². The van der Waals surface area contributed by atoms with Crippen LogP contribution in [0.3, 0.4) is 0 Å². The third-order valence-electron chi connectivity index (χ3n) is 3.61. The normalized spacial score (nSPS) is 10.5. The predicted octanol–water partition coefficient (Wildman–Crippen LogP) is 4.31. The number of amides is 2. The molecule has 1 aromatic carbocycles. The second-order valence-corrected chi connectivity index (χ2v) is 6.34. The summed E-state index contributed by atoms with van der Waals surface area (Å²) in [5.74, 6) is 0.0565. The van der Waals surface area contributed by atoms with Crippen molar-refractivity contribution >= 4 is 34.5 Å². The van der Waals surface area contributed by atoms with Gasteiger partial charge in [-0.3, -0.25) is 9.59 Å². The lowest BCUT2D eigenvalue weighted by Crippen LogP contribution is -2.14. The van der Waals surface area contributed by atoms with Crippen LogP contribution in [0.2, 0.25) is 0 Å². The van der Waals surface area contributed by atoms with Crippen LogP contribution in [0.4, 0.5) is 11.4 Å². The molecule has 0 spiro atoms. The molecule has 0 aliphatic heterocycles. The van der Waals surface area contributed by atoms with Gasteiger partial charge >= 0.3 is 0 Å². The van der Waals surface area contributed by atoms with Crippen LogP contribution in [0.15, 0.2) is 46.5 Å². The number of carbonyl (C=O) groups excluding carboxylic acids is 2. The minimum Gasteiger partial charge on any atom is -0.442 e. The lowest BCUT2D eigenvalue weighted by atomic mass is 10.1. The van der Waals surface area contributed by atoms with Gasteiger partial charge in [-0.2, -0.15) is 0 Å². The van der Waals surface area contributed by atoms with Crippen LogP contribution in [-0.4, -0.2) is 16.8 Å². The molecule has 2 amide bonds. The fraction of sp³-hybridized carbons (Fsp3) is 0.167. The van der Waals surface area contributed by atoms with Gasteiger partial charge in [0.2, 0.25) is 5.91 Å². The van der Waals surface area contributed by atoms with E-state index in [1.54, 1.807) is 25.1 Å². The molecule has 0 saturated heterocycles.